The normalized spacial score (nSPS) is 18.7. The van der Waals surface area contributed by atoms with E-state index in [1.807, 2.05) is 19.1 Å². The van der Waals surface area contributed by atoms with Crippen molar-refractivity contribution in [3.63, 3.8) is 0 Å². The van der Waals surface area contributed by atoms with E-state index in [4.69, 9.17) is 9.47 Å². The lowest BCUT2D eigenvalue weighted by Crippen LogP contribution is -2.51. The van der Waals surface area contributed by atoms with Gasteiger partial charge in [-0.05, 0) is 42.7 Å². The summed E-state index contributed by atoms with van der Waals surface area (Å²) in [6, 6.07) is 12.1. The molecule has 29 heavy (non-hydrogen) atoms. The van der Waals surface area contributed by atoms with Crippen molar-refractivity contribution in [2.24, 2.45) is 0 Å². The largest absolute Gasteiger partial charge is 0.497 e. The Morgan fingerprint density at radius 2 is 1.69 bits per heavy atom. The molecular weight excluding hydrogens is 372 g/mol. The fourth-order valence-electron chi connectivity index (χ4n) is 3.58. The molecule has 2 aromatic carbocycles. The molecule has 0 saturated carbocycles. The van der Waals surface area contributed by atoms with Gasteiger partial charge in [0.2, 0.25) is 11.8 Å². The Morgan fingerprint density at radius 3 is 2.21 bits per heavy atom. The molecule has 3 rings (SSSR count). The summed E-state index contributed by atoms with van der Waals surface area (Å²) < 4.78 is 10.4. The highest BCUT2D eigenvalue weighted by molar-refractivity contribution is 6.05. The third-order valence-electron chi connectivity index (χ3n) is 5.38. The van der Waals surface area contributed by atoms with Crippen LogP contribution < -0.4 is 20.1 Å². The molecule has 0 bridgehead atoms. The van der Waals surface area contributed by atoms with E-state index in [2.05, 4.69) is 10.6 Å². The molecule has 1 aliphatic rings. The van der Waals surface area contributed by atoms with E-state index in [-0.39, 0.29) is 17.7 Å². The van der Waals surface area contributed by atoms with Gasteiger partial charge in [0.05, 0.1) is 19.6 Å². The number of ether oxygens (including phenoxy) is 2. The number of nitrogens with one attached hydrogen (secondary N) is 2. The molecule has 1 heterocycles. The van der Waals surface area contributed by atoms with E-state index in [0.717, 1.165) is 5.56 Å². The van der Waals surface area contributed by atoms with Crippen molar-refractivity contribution in [3.05, 3.63) is 53.6 Å². The van der Waals surface area contributed by atoms with E-state index >= 15 is 0 Å². The SMILES string of the molecule is CC[C@]1(c2ccc(NC(=O)c3cc(OC)cc(OC)c3)cc2)CCC(=O)NC1=O. The molecule has 0 spiro atoms. The third-order valence-corrected chi connectivity index (χ3v) is 5.38. The Labute approximate surface area is 169 Å². The van der Waals surface area contributed by atoms with Crippen LogP contribution in [0, 0.1) is 0 Å². The van der Waals surface area contributed by atoms with Crippen molar-refractivity contribution < 1.29 is 23.9 Å². The molecule has 7 nitrogen and oxygen atoms in total. The van der Waals surface area contributed by atoms with Crippen molar-refractivity contribution in [2.45, 2.75) is 31.6 Å². The maximum atomic E-state index is 12.6. The molecule has 1 atom stereocenters. The lowest BCUT2D eigenvalue weighted by molar-refractivity contribution is -0.138. The number of carbonyl (C=O) groups is 3. The van der Waals surface area contributed by atoms with Gasteiger partial charge in [-0.3, -0.25) is 19.7 Å². The van der Waals surface area contributed by atoms with Gasteiger partial charge in [-0.2, -0.15) is 0 Å². The molecule has 0 unspecified atom stereocenters. The van der Waals surface area contributed by atoms with Crippen LogP contribution in [0.3, 0.4) is 0 Å². The van der Waals surface area contributed by atoms with Gasteiger partial charge in [-0.1, -0.05) is 19.1 Å². The number of hydrogen-bond donors (Lipinski definition) is 2. The first-order chi connectivity index (χ1) is 13.9. The third kappa shape index (κ3) is 4.08. The molecular formula is C22H24N2O5. The summed E-state index contributed by atoms with van der Waals surface area (Å²) in [7, 11) is 3.04. The van der Waals surface area contributed by atoms with Gasteiger partial charge in [0.15, 0.2) is 0 Å². The van der Waals surface area contributed by atoms with Crippen LogP contribution in [0.4, 0.5) is 5.69 Å². The summed E-state index contributed by atoms with van der Waals surface area (Å²) in [5.74, 6) is 0.231. The minimum atomic E-state index is -0.726. The summed E-state index contributed by atoms with van der Waals surface area (Å²) in [6.45, 7) is 1.93. The van der Waals surface area contributed by atoms with Gasteiger partial charge >= 0.3 is 0 Å². The van der Waals surface area contributed by atoms with Gasteiger partial charge in [0.1, 0.15) is 11.5 Å². The fraction of sp³-hybridized carbons (Fsp3) is 0.318. The number of piperidine rings is 1. The summed E-state index contributed by atoms with van der Waals surface area (Å²) in [4.78, 5) is 36.6. The molecule has 2 N–H and O–H groups in total. The summed E-state index contributed by atoms with van der Waals surface area (Å²) in [6.07, 6.45) is 1.38. The summed E-state index contributed by atoms with van der Waals surface area (Å²) in [5.41, 5.74) is 1.10. The number of methoxy groups -OCH3 is 2. The number of imide groups is 1. The van der Waals surface area contributed by atoms with Gasteiger partial charge in [-0.15, -0.1) is 0 Å². The quantitative estimate of drug-likeness (QED) is 0.732. The predicted octanol–water partition coefficient (Wildman–Crippen LogP) is 3.04. The first-order valence-electron chi connectivity index (χ1n) is 9.41. The van der Waals surface area contributed by atoms with Crippen LogP contribution in [-0.2, 0) is 15.0 Å². The Bertz CT molecular complexity index is 916. The van der Waals surface area contributed by atoms with Crippen molar-refractivity contribution >= 4 is 23.4 Å². The van der Waals surface area contributed by atoms with Gasteiger partial charge in [0.25, 0.3) is 5.91 Å². The number of rotatable bonds is 6. The Balaban J connectivity index is 1.79. The molecule has 1 aliphatic heterocycles. The van der Waals surface area contributed by atoms with Crippen LogP contribution in [0.15, 0.2) is 42.5 Å². The maximum absolute atomic E-state index is 12.6. The van der Waals surface area contributed by atoms with Crippen molar-refractivity contribution in [1.29, 1.82) is 0 Å². The highest BCUT2D eigenvalue weighted by Crippen LogP contribution is 2.36. The molecule has 7 heteroatoms. The van der Waals surface area contributed by atoms with Crippen molar-refractivity contribution in [3.8, 4) is 11.5 Å². The number of anilines is 1. The van der Waals surface area contributed by atoms with Gasteiger partial charge in [0, 0.05) is 23.7 Å². The second-order valence-electron chi connectivity index (χ2n) is 6.95. The molecule has 2 aromatic rings. The molecule has 0 aromatic heterocycles. The summed E-state index contributed by atoms with van der Waals surface area (Å²) in [5, 5.41) is 5.27. The average molecular weight is 396 g/mol. The lowest BCUT2D eigenvalue weighted by Gasteiger charge is -2.35. The van der Waals surface area contributed by atoms with Gasteiger partial charge < -0.3 is 14.8 Å². The molecule has 0 aliphatic carbocycles. The fourth-order valence-corrected chi connectivity index (χ4v) is 3.58. The number of benzene rings is 2. The van der Waals surface area contributed by atoms with E-state index < -0.39 is 5.41 Å². The Morgan fingerprint density at radius 1 is 1.07 bits per heavy atom. The second-order valence-corrected chi connectivity index (χ2v) is 6.95. The summed E-state index contributed by atoms with van der Waals surface area (Å²) >= 11 is 0. The number of carbonyl (C=O) groups excluding carboxylic acids is 3. The van der Waals surface area contributed by atoms with E-state index in [1.54, 1.807) is 30.3 Å². The zero-order valence-corrected chi connectivity index (χ0v) is 16.7. The monoisotopic (exact) mass is 396 g/mol. The minimum absolute atomic E-state index is 0.239. The van der Waals surface area contributed by atoms with Crippen LogP contribution in [0.5, 0.6) is 11.5 Å². The van der Waals surface area contributed by atoms with Crippen molar-refractivity contribution in [2.75, 3.05) is 19.5 Å². The highest BCUT2D eigenvalue weighted by atomic mass is 16.5. The Hall–Kier alpha value is -3.35. The number of hydrogen-bond acceptors (Lipinski definition) is 5. The molecule has 0 radical (unpaired) electrons. The minimum Gasteiger partial charge on any atom is -0.497 e. The average Bonchev–Trinajstić information content (AvgIpc) is 2.74. The Kier molecular flexibility index (Phi) is 5.87. The van der Waals surface area contributed by atoms with E-state index in [9.17, 15) is 14.4 Å². The van der Waals surface area contributed by atoms with Crippen LogP contribution >= 0.6 is 0 Å². The number of amides is 3. The lowest BCUT2D eigenvalue weighted by atomic mass is 9.72. The first kappa shape index (κ1) is 20.4. The molecule has 1 saturated heterocycles. The zero-order valence-electron chi connectivity index (χ0n) is 16.7. The van der Waals surface area contributed by atoms with E-state index in [0.29, 0.717) is 42.0 Å². The van der Waals surface area contributed by atoms with Crippen LogP contribution in [0.2, 0.25) is 0 Å². The highest BCUT2D eigenvalue weighted by Gasteiger charge is 2.42. The predicted molar refractivity (Wildman–Crippen MR) is 108 cm³/mol. The van der Waals surface area contributed by atoms with Crippen LogP contribution in [-0.4, -0.2) is 31.9 Å². The molecule has 152 valence electrons. The molecule has 3 amide bonds. The van der Waals surface area contributed by atoms with Gasteiger partial charge in [-0.25, -0.2) is 0 Å². The standard InChI is InChI=1S/C22H24N2O5/c1-4-22(10-9-19(25)24-21(22)27)15-5-7-16(8-6-15)23-20(26)14-11-17(28-2)13-18(12-14)29-3/h5-8,11-13H,4,9-10H2,1-3H3,(H,23,26)(H,24,25,27)/t22-/m1/s1. The molecule has 1 fully saturated rings. The van der Waals surface area contributed by atoms with E-state index in [1.165, 1.54) is 14.2 Å². The van der Waals surface area contributed by atoms with Crippen LogP contribution in [0.25, 0.3) is 0 Å². The second kappa shape index (κ2) is 8.34. The zero-order chi connectivity index (χ0) is 21.0. The van der Waals surface area contributed by atoms with Crippen molar-refractivity contribution in [1.82, 2.24) is 5.32 Å². The van der Waals surface area contributed by atoms with Crippen LogP contribution in [0.1, 0.15) is 42.1 Å². The maximum Gasteiger partial charge on any atom is 0.255 e. The smallest absolute Gasteiger partial charge is 0.255 e. The topological polar surface area (TPSA) is 93.7 Å². The first-order valence-corrected chi connectivity index (χ1v) is 9.41.